The van der Waals surface area contributed by atoms with Gasteiger partial charge in [-0.15, -0.1) is 0 Å². The van der Waals surface area contributed by atoms with Gasteiger partial charge < -0.3 is 0 Å². The molecule has 0 saturated heterocycles. The van der Waals surface area contributed by atoms with E-state index in [1.54, 1.807) is 0 Å². The highest BCUT2D eigenvalue weighted by atomic mass is 13.9. The molecule has 0 amide bonds. The molecule has 0 aromatic carbocycles. The van der Waals surface area contributed by atoms with E-state index in [1.807, 2.05) is 6.08 Å². The van der Waals surface area contributed by atoms with Crippen LogP contribution in [0.1, 0.15) is 58.8 Å². The maximum absolute atomic E-state index is 3.10. The highest BCUT2D eigenvalue weighted by molar-refractivity contribution is 5.14. The van der Waals surface area contributed by atoms with Crippen LogP contribution in [-0.2, 0) is 0 Å². The molecule has 0 aliphatic heterocycles. The summed E-state index contributed by atoms with van der Waals surface area (Å²) in [5.74, 6) is 6.15. The van der Waals surface area contributed by atoms with Gasteiger partial charge in [0.05, 0.1) is 0 Å². The Labute approximate surface area is 83.4 Å². The number of rotatable bonds is 6. The van der Waals surface area contributed by atoms with Crippen molar-refractivity contribution in [3.05, 3.63) is 12.2 Å². The first-order chi connectivity index (χ1) is 6.41. The minimum Gasteiger partial charge on any atom is -0.0985 e. The van der Waals surface area contributed by atoms with Crippen molar-refractivity contribution >= 4 is 0 Å². The Balaban J connectivity index is 3.18. The fourth-order valence-corrected chi connectivity index (χ4v) is 1.09. The summed E-state index contributed by atoms with van der Waals surface area (Å²) in [5.41, 5.74) is 0. The monoisotopic (exact) mass is 178 g/mol. The molecule has 0 nitrogen and oxygen atoms in total. The second-order valence-electron chi connectivity index (χ2n) is 3.32. The number of hydrogen-bond acceptors (Lipinski definition) is 0. The molecule has 0 atom stereocenters. The molecule has 0 unspecified atom stereocenters. The van der Waals surface area contributed by atoms with Crippen LogP contribution in [0.5, 0.6) is 0 Å². The van der Waals surface area contributed by atoms with Gasteiger partial charge in [0, 0.05) is 6.42 Å². The first kappa shape index (κ1) is 12.3. The van der Waals surface area contributed by atoms with Gasteiger partial charge in [-0.25, -0.2) is 0 Å². The maximum atomic E-state index is 3.10. The van der Waals surface area contributed by atoms with E-state index in [-0.39, 0.29) is 0 Å². The first-order valence-corrected chi connectivity index (χ1v) is 5.55. The zero-order valence-corrected chi connectivity index (χ0v) is 9.10. The van der Waals surface area contributed by atoms with E-state index in [2.05, 4.69) is 31.8 Å². The second-order valence-corrected chi connectivity index (χ2v) is 3.32. The summed E-state index contributed by atoms with van der Waals surface area (Å²) in [6.07, 6.45) is 13.0. The Morgan fingerprint density at radius 2 is 1.85 bits per heavy atom. The van der Waals surface area contributed by atoms with Crippen LogP contribution in [0.3, 0.4) is 0 Å². The third kappa shape index (κ3) is 11.3. The van der Waals surface area contributed by atoms with Gasteiger partial charge in [-0.3, -0.25) is 0 Å². The molecule has 0 rings (SSSR count). The topological polar surface area (TPSA) is 0 Å². The lowest BCUT2D eigenvalue weighted by molar-refractivity contribution is 0.674. The molecular formula is C13H22. The van der Waals surface area contributed by atoms with Crippen molar-refractivity contribution in [1.29, 1.82) is 0 Å². The van der Waals surface area contributed by atoms with E-state index in [1.165, 1.54) is 32.1 Å². The fourth-order valence-electron chi connectivity index (χ4n) is 1.09. The molecule has 13 heavy (non-hydrogen) atoms. The number of unbranched alkanes of at least 4 members (excludes halogenated alkanes) is 5. The molecule has 0 fully saturated rings. The van der Waals surface area contributed by atoms with Gasteiger partial charge in [0.1, 0.15) is 0 Å². The summed E-state index contributed by atoms with van der Waals surface area (Å²) >= 11 is 0. The van der Waals surface area contributed by atoms with Crippen molar-refractivity contribution in [2.24, 2.45) is 0 Å². The Hall–Kier alpha value is -0.700. The second kappa shape index (κ2) is 11.3. The van der Waals surface area contributed by atoms with Gasteiger partial charge in [-0.2, -0.15) is 0 Å². The normalized spacial score (nSPS) is 10.0. The Morgan fingerprint density at radius 1 is 1.00 bits per heavy atom. The van der Waals surface area contributed by atoms with E-state index in [0.717, 1.165) is 12.8 Å². The molecule has 0 spiro atoms. The average molecular weight is 178 g/mol. The summed E-state index contributed by atoms with van der Waals surface area (Å²) in [6.45, 7) is 4.40. The van der Waals surface area contributed by atoms with Crippen molar-refractivity contribution in [1.82, 2.24) is 0 Å². The zero-order valence-electron chi connectivity index (χ0n) is 9.10. The van der Waals surface area contributed by atoms with Crippen LogP contribution in [0.4, 0.5) is 0 Å². The van der Waals surface area contributed by atoms with Gasteiger partial charge in [0.2, 0.25) is 0 Å². The number of hydrogen-bond donors (Lipinski definition) is 0. The lowest BCUT2D eigenvalue weighted by atomic mass is 10.1. The van der Waals surface area contributed by atoms with Crippen LogP contribution in [0.15, 0.2) is 12.2 Å². The smallest absolute Gasteiger partial charge is 0.00896 e. The summed E-state index contributed by atoms with van der Waals surface area (Å²) in [7, 11) is 0. The minimum absolute atomic E-state index is 1.03. The molecule has 0 radical (unpaired) electrons. The maximum Gasteiger partial charge on any atom is 0.00896 e. The molecule has 0 aromatic rings. The largest absolute Gasteiger partial charge is 0.0985 e. The van der Waals surface area contributed by atoms with Gasteiger partial charge in [-0.1, -0.05) is 51.0 Å². The van der Waals surface area contributed by atoms with Crippen LogP contribution in [0, 0.1) is 11.8 Å². The van der Waals surface area contributed by atoms with Crippen molar-refractivity contribution in [2.75, 3.05) is 0 Å². The molecule has 0 saturated carbocycles. The van der Waals surface area contributed by atoms with E-state index >= 15 is 0 Å². The van der Waals surface area contributed by atoms with Gasteiger partial charge in [0.15, 0.2) is 0 Å². The quantitative estimate of drug-likeness (QED) is 0.420. The SMILES string of the molecule is CCCC#C/C=C/CCCCCC. The predicted molar refractivity (Wildman–Crippen MR) is 60.6 cm³/mol. The molecule has 0 aliphatic rings. The van der Waals surface area contributed by atoms with Crippen molar-refractivity contribution in [3.8, 4) is 11.8 Å². The standard InChI is InChI=1S/C13H22/c1-3-5-7-9-11-13-12-10-8-6-4-2/h12-13H,3-7,9,11H2,1-2H3/b13-12+. The highest BCUT2D eigenvalue weighted by Gasteiger charge is 1.82. The highest BCUT2D eigenvalue weighted by Crippen LogP contribution is 2.02. The van der Waals surface area contributed by atoms with Crippen LogP contribution >= 0.6 is 0 Å². The van der Waals surface area contributed by atoms with E-state index in [9.17, 15) is 0 Å². The van der Waals surface area contributed by atoms with Crippen molar-refractivity contribution < 1.29 is 0 Å². The zero-order chi connectivity index (χ0) is 9.78. The Morgan fingerprint density at radius 3 is 2.54 bits per heavy atom. The van der Waals surface area contributed by atoms with Crippen LogP contribution < -0.4 is 0 Å². The average Bonchev–Trinajstić information content (AvgIpc) is 2.16. The van der Waals surface area contributed by atoms with Crippen LogP contribution in [0.25, 0.3) is 0 Å². The molecule has 0 aliphatic carbocycles. The summed E-state index contributed by atoms with van der Waals surface area (Å²) < 4.78 is 0. The molecule has 0 heterocycles. The molecule has 0 N–H and O–H groups in total. The number of allylic oxidation sites excluding steroid dienone is 2. The predicted octanol–water partition coefficient (Wildman–Crippen LogP) is 4.32. The first-order valence-electron chi connectivity index (χ1n) is 5.55. The Kier molecular flexibility index (Phi) is 10.7. The van der Waals surface area contributed by atoms with E-state index in [4.69, 9.17) is 0 Å². The summed E-state index contributed by atoms with van der Waals surface area (Å²) in [4.78, 5) is 0. The third-order valence-corrected chi connectivity index (χ3v) is 1.90. The molecular weight excluding hydrogens is 156 g/mol. The Bertz CT molecular complexity index is 166. The molecule has 74 valence electrons. The summed E-state index contributed by atoms with van der Waals surface area (Å²) in [5, 5.41) is 0. The van der Waals surface area contributed by atoms with Crippen LogP contribution in [-0.4, -0.2) is 0 Å². The van der Waals surface area contributed by atoms with Crippen molar-refractivity contribution in [2.45, 2.75) is 58.8 Å². The van der Waals surface area contributed by atoms with Crippen molar-refractivity contribution in [3.63, 3.8) is 0 Å². The van der Waals surface area contributed by atoms with E-state index in [0.29, 0.717) is 0 Å². The minimum atomic E-state index is 1.03. The van der Waals surface area contributed by atoms with Gasteiger partial charge in [0.25, 0.3) is 0 Å². The lowest BCUT2D eigenvalue weighted by Gasteiger charge is -1.92. The van der Waals surface area contributed by atoms with E-state index < -0.39 is 0 Å². The lowest BCUT2D eigenvalue weighted by Crippen LogP contribution is -1.73. The molecule has 0 heteroatoms. The summed E-state index contributed by atoms with van der Waals surface area (Å²) in [6, 6.07) is 0. The third-order valence-electron chi connectivity index (χ3n) is 1.90. The van der Waals surface area contributed by atoms with Gasteiger partial charge >= 0.3 is 0 Å². The molecule has 0 aromatic heterocycles. The van der Waals surface area contributed by atoms with Gasteiger partial charge in [-0.05, 0) is 25.3 Å². The fraction of sp³-hybridized carbons (Fsp3) is 0.692. The van der Waals surface area contributed by atoms with Crippen LogP contribution in [0.2, 0.25) is 0 Å². The molecule has 0 bridgehead atoms.